The molecule has 73 heavy (non-hydrogen) atoms. The van der Waals surface area contributed by atoms with E-state index in [1.54, 1.807) is 6.20 Å². The fraction of sp³-hybridized carbons (Fsp3) is 0.614. The molecule has 3 aromatic heterocycles. The first-order chi connectivity index (χ1) is 35.5. The van der Waals surface area contributed by atoms with Gasteiger partial charge in [-0.15, -0.1) is 0 Å². The van der Waals surface area contributed by atoms with Gasteiger partial charge in [-0.3, -0.25) is 29.3 Å². The summed E-state index contributed by atoms with van der Waals surface area (Å²) in [4.78, 5) is 93.1. The van der Waals surface area contributed by atoms with Crippen LogP contribution in [-0.4, -0.2) is 134 Å². The monoisotopic (exact) mass is 992 g/mol. The number of anilines is 3. The zero-order valence-corrected chi connectivity index (χ0v) is 42.9. The van der Waals surface area contributed by atoms with E-state index in [0.29, 0.717) is 76.2 Å². The Hall–Kier alpha value is -5.90. The SMILES string of the molecule is CC(C)n1cnc2cc(-c3ccc4c(c3)N([C@H]3C[C@@H](N5CCCCC5)C3)C(=O)C43CCN(C(=O)C[C@@H]4CCCN(C(=O)CC5CCN(c6ccc(C7CCC(=O)NC7=O)cn6)CC5)C4)CC3)nc(NC3CC3)c21. The van der Waals surface area contributed by atoms with Gasteiger partial charge in [0.15, 0.2) is 5.82 Å². The first kappa shape index (κ1) is 48.1. The van der Waals surface area contributed by atoms with Crippen LogP contribution >= 0.6 is 0 Å². The molecule has 5 saturated heterocycles. The summed E-state index contributed by atoms with van der Waals surface area (Å²) in [5.41, 5.74) is 6.07. The highest BCUT2D eigenvalue weighted by atomic mass is 16.2. The molecule has 16 nitrogen and oxygen atoms in total. The molecule has 5 amide bonds. The predicted octanol–water partition coefficient (Wildman–Crippen LogP) is 7.33. The second kappa shape index (κ2) is 19.7. The maximum atomic E-state index is 15.2. The van der Waals surface area contributed by atoms with Crippen molar-refractivity contribution < 1.29 is 24.0 Å². The molecule has 8 aliphatic rings. The van der Waals surface area contributed by atoms with E-state index in [1.165, 1.54) is 19.3 Å². The normalized spacial score (nSPS) is 25.9. The van der Waals surface area contributed by atoms with Crippen LogP contribution in [0.25, 0.3) is 22.3 Å². The van der Waals surface area contributed by atoms with Gasteiger partial charge < -0.3 is 34.4 Å². The van der Waals surface area contributed by atoms with E-state index in [4.69, 9.17) is 9.97 Å². The van der Waals surface area contributed by atoms with Crippen LogP contribution in [0, 0.1) is 11.8 Å². The number of hydrogen-bond acceptors (Lipinski definition) is 11. The molecule has 2 atom stereocenters. The van der Waals surface area contributed by atoms with Gasteiger partial charge in [-0.25, -0.2) is 15.0 Å². The number of imide groups is 1. The minimum atomic E-state index is -0.671. The number of carbonyl (C=O) groups excluding carboxylic acids is 5. The molecule has 2 saturated carbocycles. The Labute approximate surface area is 429 Å². The molecule has 7 fully saturated rings. The van der Waals surface area contributed by atoms with E-state index < -0.39 is 5.41 Å². The lowest BCUT2D eigenvalue weighted by Gasteiger charge is -2.48. The zero-order valence-electron chi connectivity index (χ0n) is 42.9. The molecule has 16 heteroatoms. The minimum Gasteiger partial charge on any atom is -0.366 e. The summed E-state index contributed by atoms with van der Waals surface area (Å²) in [7, 11) is 0. The van der Waals surface area contributed by atoms with Crippen molar-refractivity contribution in [2.45, 2.75) is 159 Å². The predicted molar refractivity (Wildman–Crippen MR) is 280 cm³/mol. The van der Waals surface area contributed by atoms with Crippen LogP contribution in [-0.2, 0) is 29.4 Å². The first-order valence-corrected chi connectivity index (χ1v) is 27.9. The summed E-state index contributed by atoms with van der Waals surface area (Å²) in [5.74, 6) is 1.86. The van der Waals surface area contributed by atoms with Crippen LogP contribution < -0.4 is 20.4 Å². The zero-order chi connectivity index (χ0) is 50.0. The summed E-state index contributed by atoms with van der Waals surface area (Å²) >= 11 is 0. The van der Waals surface area contributed by atoms with E-state index in [2.05, 4.69) is 73.0 Å². The molecule has 1 unspecified atom stereocenters. The number of fused-ring (bicyclic) bond motifs is 3. The van der Waals surface area contributed by atoms with Crippen LogP contribution in [0.5, 0.6) is 0 Å². The third-order valence-electron chi connectivity index (χ3n) is 18.2. The van der Waals surface area contributed by atoms with E-state index in [1.807, 2.05) is 28.3 Å². The number of likely N-dealkylation sites (tertiary alicyclic amines) is 3. The molecule has 4 aromatic rings. The fourth-order valence-electron chi connectivity index (χ4n) is 13.6. The second-order valence-corrected chi connectivity index (χ2v) is 23.3. The summed E-state index contributed by atoms with van der Waals surface area (Å²) in [6, 6.07) is 13.9. The molecule has 0 radical (unpaired) electrons. The number of aromatic nitrogens is 4. The highest BCUT2D eigenvalue weighted by molar-refractivity contribution is 6.09. The molecule has 2 aliphatic carbocycles. The van der Waals surface area contributed by atoms with Gasteiger partial charge in [0.05, 0.1) is 28.9 Å². The number of carbonyl (C=O) groups is 5. The van der Waals surface area contributed by atoms with E-state index in [0.717, 1.165) is 135 Å². The summed E-state index contributed by atoms with van der Waals surface area (Å²) in [6.07, 6.45) is 18.4. The lowest BCUT2D eigenvalue weighted by Crippen LogP contribution is -2.58. The number of nitrogens with zero attached hydrogens (tertiary/aromatic N) is 9. The molecule has 2 N–H and O–H groups in total. The number of pyridine rings is 2. The lowest BCUT2D eigenvalue weighted by molar-refractivity contribution is -0.139. The molecule has 1 aromatic carbocycles. The van der Waals surface area contributed by atoms with Gasteiger partial charge in [0.25, 0.3) is 0 Å². The smallest absolute Gasteiger partial charge is 0.238 e. The van der Waals surface area contributed by atoms with Crippen molar-refractivity contribution >= 4 is 57.9 Å². The summed E-state index contributed by atoms with van der Waals surface area (Å²) in [6.45, 7) is 10.7. The third kappa shape index (κ3) is 9.39. The number of amides is 5. The molecule has 9 heterocycles. The van der Waals surface area contributed by atoms with Crippen LogP contribution in [0.2, 0.25) is 0 Å². The van der Waals surface area contributed by atoms with Crippen LogP contribution in [0.3, 0.4) is 0 Å². The van der Waals surface area contributed by atoms with E-state index in [-0.39, 0.29) is 53.5 Å². The average molecular weight is 992 g/mol. The van der Waals surface area contributed by atoms with Gasteiger partial charge in [0.1, 0.15) is 11.3 Å². The van der Waals surface area contributed by atoms with E-state index >= 15 is 4.79 Å². The Morgan fingerprint density at radius 1 is 0.781 bits per heavy atom. The molecule has 386 valence electrons. The van der Waals surface area contributed by atoms with Gasteiger partial charge >= 0.3 is 0 Å². The third-order valence-corrected chi connectivity index (χ3v) is 18.2. The number of benzene rings is 1. The number of piperidine rings is 5. The minimum absolute atomic E-state index is 0.123. The van der Waals surface area contributed by atoms with Crippen molar-refractivity contribution in [1.82, 2.24) is 39.5 Å². The average Bonchev–Trinajstić information content (AvgIpc) is 4.05. The van der Waals surface area contributed by atoms with Gasteiger partial charge in [-0.05, 0) is 152 Å². The van der Waals surface area contributed by atoms with Gasteiger partial charge in [-0.2, -0.15) is 0 Å². The van der Waals surface area contributed by atoms with Crippen molar-refractivity contribution in [2.75, 3.05) is 67.5 Å². The van der Waals surface area contributed by atoms with E-state index in [9.17, 15) is 19.2 Å². The summed E-state index contributed by atoms with van der Waals surface area (Å²) < 4.78 is 2.20. The maximum absolute atomic E-state index is 15.2. The Bertz CT molecular complexity index is 2760. The number of nitrogens with one attached hydrogen (secondary N) is 2. The highest BCUT2D eigenvalue weighted by Gasteiger charge is 2.56. The van der Waals surface area contributed by atoms with Gasteiger partial charge in [0.2, 0.25) is 29.5 Å². The van der Waals surface area contributed by atoms with Crippen molar-refractivity contribution in [1.29, 1.82) is 0 Å². The maximum Gasteiger partial charge on any atom is 0.238 e. The topological polar surface area (TPSA) is 169 Å². The summed E-state index contributed by atoms with van der Waals surface area (Å²) in [5, 5.41) is 6.14. The quantitative estimate of drug-likeness (QED) is 0.136. The Morgan fingerprint density at radius 2 is 1.55 bits per heavy atom. The van der Waals surface area contributed by atoms with Crippen LogP contribution in [0.4, 0.5) is 17.3 Å². The first-order valence-electron chi connectivity index (χ1n) is 27.9. The van der Waals surface area contributed by atoms with Crippen molar-refractivity contribution in [3.63, 3.8) is 0 Å². The fourth-order valence-corrected chi connectivity index (χ4v) is 13.6. The Kier molecular flexibility index (Phi) is 13.0. The standard InChI is InChI=1S/C57H73N11O5/c1-36(2)67-35-59-47-32-46(61-54(53(47)67)60-41-10-11-41)39-8-13-45-48(29-39)68(43-30-42(31-43)63-20-4-3-5-21-63)56(73)57(45)18-25-65(26-19-57)51(70)28-38-7-6-22-66(34-38)52(71)27-37-16-23-64(24-17-37)49-14-9-40(33-58-49)44-12-15-50(69)62-55(44)72/h8-9,13-14,29,32-33,35-38,41-44H,3-7,10-12,15-28,30-31,34H2,1-2H3,(H,60,61)(H,62,69,72)/t38-,42-,43+,44?/m0/s1. The largest absolute Gasteiger partial charge is 0.366 e. The highest BCUT2D eigenvalue weighted by Crippen LogP contribution is 2.52. The molecular weight excluding hydrogens is 919 g/mol. The molecule has 12 rings (SSSR count). The van der Waals surface area contributed by atoms with Crippen LogP contribution in [0.15, 0.2) is 48.9 Å². The number of imidazole rings is 1. The van der Waals surface area contributed by atoms with Gasteiger partial charge in [-0.1, -0.05) is 24.6 Å². The molecular formula is C57H73N11O5. The molecule has 0 bridgehead atoms. The van der Waals surface area contributed by atoms with Gasteiger partial charge in [0, 0.05) is 100 Å². The Morgan fingerprint density at radius 3 is 2.27 bits per heavy atom. The van der Waals surface area contributed by atoms with Crippen LogP contribution in [0.1, 0.15) is 146 Å². The molecule has 6 aliphatic heterocycles. The van der Waals surface area contributed by atoms with Crippen molar-refractivity contribution in [3.05, 3.63) is 60.0 Å². The second-order valence-electron chi connectivity index (χ2n) is 23.3. The number of hydrogen-bond donors (Lipinski definition) is 2. The molecule has 1 spiro atoms. The number of rotatable bonds is 12. The lowest BCUT2D eigenvalue weighted by atomic mass is 9.73. The Balaban J connectivity index is 0.683. The van der Waals surface area contributed by atoms with Crippen molar-refractivity contribution in [2.24, 2.45) is 11.8 Å². The van der Waals surface area contributed by atoms with Crippen molar-refractivity contribution in [3.8, 4) is 11.3 Å².